The molecule has 2 fully saturated rings. The Bertz CT molecular complexity index is 1070. The van der Waals surface area contributed by atoms with Crippen molar-refractivity contribution < 1.29 is 9.59 Å². The van der Waals surface area contributed by atoms with Crippen molar-refractivity contribution in [2.24, 2.45) is 5.92 Å². The molecular formula is C24H28N4O2S. The number of fused-ring (bicyclic) bond motifs is 1. The summed E-state index contributed by atoms with van der Waals surface area (Å²) in [5.41, 5.74) is 2.82. The Morgan fingerprint density at radius 2 is 1.71 bits per heavy atom. The van der Waals surface area contributed by atoms with Crippen LogP contribution in [0.1, 0.15) is 64.1 Å². The van der Waals surface area contributed by atoms with E-state index in [0.29, 0.717) is 17.4 Å². The Balaban J connectivity index is 1.31. The van der Waals surface area contributed by atoms with Crippen molar-refractivity contribution in [1.82, 2.24) is 19.4 Å². The van der Waals surface area contributed by atoms with Crippen LogP contribution in [0.4, 0.5) is 0 Å². The highest BCUT2D eigenvalue weighted by molar-refractivity contribution is 7.12. The molecule has 3 aromatic rings. The SMILES string of the molecule is CC1CCN(C(=O)c2cnn3ccc(C4CCN(C(=O)c5cccs5)CC4)cc23)CC1. The molecule has 0 saturated carbocycles. The molecule has 0 aliphatic carbocycles. The number of aromatic nitrogens is 2. The number of piperidine rings is 2. The molecule has 5 heterocycles. The summed E-state index contributed by atoms with van der Waals surface area (Å²) in [7, 11) is 0. The van der Waals surface area contributed by atoms with Crippen molar-refractivity contribution in [2.45, 2.75) is 38.5 Å². The average Bonchev–Trinajstić information content (AvgIpc) is 3.49. The van der Waals surface area contributed by atoms with Gasteiger partial charge in [0, 0.05) is 32.4 Å². The molecule has 0 unspecified atom stereocenters. The molecule has 2 aliphatic rings. The monoisotopic (exact) mass is 436 g/mol. The van der Waals surface area contributed by atoms with E-state index in [-0.39, 0.29) is 11.8 Å². The second-order valence-corrected chi connectivity index (χ2v) is 9.81. The fourth-order valence-corrected chi connectivity index (χ4v) is 5.46. The first-order chi connectivity index (χ1) is 15.1. The first kappa shape index (κ1) is 20.2. The molecule has 0 aromatic carbocycles. The van der Waals surface area contributed by atoms with Crippen LogP contribution in [-0.4, -0.2) is 57.4 Å². The molecule has 31 heavy (non-hydrogen) atoms. The predicted molar refractivity (Wildman–Crippen MR) is 122 cm³/mol. The number of likely N-dealkylation sites (tertiary alicyclic amines) is 2. The number of carbonyl (C=O) groups is 2. The van der Waals surface area contributed by atoms with Gasteiger partial charge >= 0.3 is 0 Å². The van der Waals surface area contributed by atoms with Gasteiger partial charge in [-0.25, -0.2) is 4.52 Å². The third kappa shape index (κ3) is 3.99. The maximum absolute atomic E-state index is 13.1. The van der Waals surface area contributed by atoms with Crippen LogP contribution in [0.5, 0.6) is 0 Å². The molecule has 3 aromatic heterocycles. The minimum absolute atomic E-state index is 0.0930. The maximum Gasteiger partial charge on any atom is 0.263 e. The second kappa shape index (κ2) is 8.46. The Kier molecular flexibility index (Phi) is 5.52. The number of rotatable bonds is 3. The third-order valence-electron chi connectivity index (χ3n) is 6.83. The van der Waals surface area contributed by atoms with Gasteiger partial charge in [0.1, 0.15) is 0 Å². The summed E-state index contributed by atoms with van der Waals surface area (Å²) in [4.78, 5) is 30.5. The summed E-state index contributed by atoms with van der Waals surface area (Å²) in [6.45, 7) is 5.44. The molecule has 6 nitrogen and oxygen atoms in total. The Hall–Kier alpha value is -2.67. The normalized spacial score (nSPS) is 18.6. The van der Waals surface area contributed by atoms with Crippen LogP contribution >= 0.6 is 11.3 Å². The molecule has 162 valence electrons. The van der Waals surface area contributed by atoms with E-state index in [0.717, 1.165) is 62.3 Å². The van der Waals surface area contributed by atoms with E-state index in [1.807, 2.05) is 33.5 Å². The van der Waals surface area contributed by atoms with Crippen LogP contribution in [0.15, 0.2) is 42.0 Å². The van der Waals surface area contributed by atoms with Crippen molar-refractivity contribution >= 4 is 28.7 Å². The van der Waals surface area contributed by atoms with Crippen LogP contribution in [-0.2, 0) is 0 Å². The first-order valence-corrected chi connectivity index (χ1v) is 12.1. The van der Waals surface area contributed by atoms with Crippen LogP contribution in [0.2, 0.25) is 0 Å². The summed E-state index contributed by atoms with van der Waals surface area (Å²) < 4.78 is 1.80. The summed E-state index contributed by atoms with van der Waals surface area (Å²) in [5.74, 6) is 1.32. The molecule has 0 N–H and O–H groups in total. The van der Waals surface area contributed by atoms with Gasteiger partial charge in [-0.05, 0) is 66.7 Å². The van der Waals surface area contributed by atoms with Crippen LogP contribution < -0.4 is 0 Å². The molecule has 7 heteroatoms. The molecule has 2 amide bonds. The molecule has 0 radical (unpaired) electrons. The fraction of sp³-hybridized carbons (Fsp3) is 0.458. The van der Waals surface area contributed by atoms with Gasteiger partial charge in [-0.2, -0.15) is 5.10 Å². The van der Waals surface area contributed by atoms with Gasteiger partial charge in [0.15, 0.2) is 0 Å². The smallest absolute Gasteiger partial charge is 0.263 e. The van der Waals surface area contributed by atoms with Gasteiger partial charge in [-0.15, -0.1) is 11.3 Å². The number of hydrogen-bond donors (Lipinski definition) is 0. The van der Waals surface area contributed by atoms with Gasteiger partial charge in [0.25, 0.3) is 11.8 Å². The Morgan fingerprint density at radius 1 is 1.00 bits per heavy atom. The van der Waals surface area contributed by atoms with E-state index >= 15 is 0 Å². The van der Waals surface area contributed by atoms with Crippen molar-refractivity contribution in [1.29, 1.82) is 0 Å². The van der Waals surface area contributed by atoms with Crippen LogP contribution in [0.25, 0.3) is 5.52 Å². The van der Waals surface area contributed by atoms with Gasteiger partial charge in [0.05, 0.1) is 22.2 Å². The minimum atomic E-state index is 0.0930. The summed E-state index contributed by atoms with van der Waals surface area (Å²) >= 11 is 1.50. The Morgan fingerprint density at radius 3 is 2.42 bits per heavy atom. The quantitative estimate of drug-likeness (QED) is 0.616. The second-order valence-electron chi connectivity index (χ2n) is 8.87. The van der Waals surface area contributed by atoms with E-state index in [2.05, 4.69) is 24.2 Å². The van der Waals surface area contributed by atoms with E-state index < -0.39 is 0 Å². The van der Waals surface area contributed by atoms with E-state index in [1.54, 1.807) is 10.7 Å². The number of hydrogen-bond acceptors (Lipinski definition) is 4. The summed E-state index contributed by atoms with van der Waals surface area (Å²) in [5, 5.41) is 6.37. The lowest BCUT2D eigenvalue weighted by molar-refractivity contribution is 0.0696. The molecule has 0 bridgehead atoms. The molecule has 2 aliphatic heterocycles. The lowest BCUT2D eigenvalue weighted by Crippen LogP contribution is -2.38. The lowest BCUT2D eigenvalue weighted by Gasteiger charge is -2.32. The lowest BCUT2D eigenvalue weighted by atomic mass is 9.89. The zero-order valence-electron chi connectivity index (χ0n) is 17.9. The molecule has 2 saturated heterocycles. The predicted octanol–water partition coefficient (Wildman–Crippen LogP) is 4.29. The standard InChI is InChI=1S/C24H28N4O2S/c1-17-4-9-26(10-5-17)23(29)20-16-25-28-13-8-19(15-21(20)28)18-6-11-27(12-7-18)24(30)22-3-2-14-31-22/h2-3,8,13-18H,4-7,9-12H2,1H3. The highest BCUT2D eigenvalue weighted by Gasteiger charge is 2.27. The van der Waals surface area contributed by atoms with E-state index in [1.165, 1.54) is 16.9 Å². The van der Waals surface area contributed by atoms with Crippen LogP contribution in [0, 0.1) is 5.92 Å². The Labute approximate surface area is 186 Å². The zero-order valence-corrected chi connectivity index (χ0v) is 18.7. The first-order valence-electron chi connectivity index (χ1n) is 11.2. The number of nitrogens with zero attached hydrogens (tertiary/aromatic N) is 4. The van der Waals surface area contributed by atoms with Gasteiger partial charge in [0.2, 0.25) is 0 Å². The highest BCUT2D eigenvalue weighted by Crippen LogP contribution is 2.30. The average molecular weight is 437 g/mol. The summed E-state index contributed by atoms with van der Waals surface area (Å²) in [6.07, 6.45) is 7.69. The number of thiophene rings is 1. The van der Waals surface area contributed by atoms with Gasteiger partial charge in [-0.3, -0.25) is 9.59 Å². The van der Waals surface area contributed by atoms with E-state index in [9.17, 15) is 9.59 Å². The molecule has 0 atom stereocenters. The topological polar surface area (TPSA) is 57.9 Å². The number of carbonyl (C=O) groups excluding carboxylic acids is 2. The zero-order chi connectivity index (χ0) is 21.4. The van der Waals surface area contributed by atoms with Gasteiger partial charge in [-0.1, -0.05) is 13.0 Å². The minimum Gasteiger partial charge on any atom is -0.339 e. The van der Waals surface area contributed by atoms with Crippen LogP contribution in [0.3, 0.4) is 0 Å². The van der Waals surface area contributed by atoms with Crippen molar-refractivity contribution in [3.8, 4) is 0 Å². The molecule has 5 rings (SSSR count). The maximum atomic E-state index is 13.1. The third-order valence-corrected chi connectivity index (χ3v) is 7.69. The molecule has 0 spiro atoms. The number of pyridine rings is 1. The number of amides is 2. The van der Waals surface area contributed by atoms with Crippen molar-refractivity contribution in [3.63, 3.8) is 0 Å². The fourth-order valence-electron chi connectivity index (χ4n) is 4.77. The highest BCUT2D eigenvalue weighted by atomic mass is 32.1. The molecular weight excluding hydrogens is 408 g/mol. The van der Waals surface area contributed by atoms with Crippen molar-refractivity contribution in [2.75, 3.05) is 26.2 Å². The summed E-state index contributed by atoms with van der Waals surface area (Å²) in [6, 6.07) is 8.06. The largest absolute Gasteiger partial charge is 0.339 e. The van der Waals surface area contributed by atoms with E-state index in [4.69, 9.17) is 0 Å². The van der Waals surface area contributed by atoms with Crippen molar-refractivity contribution in [3.05, 3.63) is 58.0 Å². The van der Waals surface area contributed by atoms with Gasteiger partial charge < -0.3 is 9.80 Å².